The van der Waals surface area contributed by atoms with Gasteiger partial charge in [0, 0.05) is 36.2 Å². The molecule has 0 spiro atoms. The van der Waals surface area contributed by atoms with Crippen LogP contribution in [0.1, 0.15) is 32.8 Å². The molecule has 0 aliphatic carbocycles. The molecule has 0 amide bonds. The van der Waals surface area contributed by atoms with E-state index in [2.05, 4.69) is 54.2 Å². The highest BCUT2D eigenvalue weighted by Gasteiger charge is 2.08. The maximum Gasteiger partial charge on any atom is 0.0529 e. The molecule has 1 heterocycles. The van der Waals surface area contributed by atoms with Crippen molar-refractivity contribution in [2.24, 2.45) is 0 Å². The third-order valence-electron chi connectivity index (χ3n) is 3.36. The van der Waals surface area contributed by atoms with Gasteiger partial charge in [0.1, 0.15) is 0 Å². The number of para-hydroxylation sites is 1. The van der Waals surface area contributed by atoms with Gasteiger partial charge in [0.25, 0.3) is 0 Å². The Morgan fingerprint density at radius 2 is 1.95 bits per heavy atom. The van der Waals surface area contributed by atoms with Crippen molar-refractivity contribution in [3.63, 3.8) is 0 Å². The van der Waals surface area contributed by atoms with Gasteiger partial charge in [-0.05, 0) is 25.0 Å². The lowest BCUT2D eigenvalue weighted by Crippen LogP contribution is -2.21. The molecule has 0 aliphatic rings. The molecule has 0 saturated heterocycles. The van der Waals surface area contributed by atoms with E-state index < -0.39 is 0 Å². The van der Waals surface area contributed by atoms with Gasteiger partial charge in [-0.15, -0.1) is 0 Å². The number of aliphatic hydroxyl groups is 1. The van der Waals surface area contributed by atoms with Gasteiger partial charge in [0.05, 0.1) is 6.10 Å². The van der Waals surface area contributed by atoms with E-state index in [1.165, 1.54) is 16.5 Å². The first kappa shape index (κ1) is 14.1. The molecule has 2 N–H and O–H groups in total. The fourth-order valence-electron chi connectivity index (χ4n) is 2.29. The number of benzene rings is 1. The number of fused-ring (bicyclic) bond motifs is 1. The van der Waals surface area contributed by atoms with Gasteiger partial charge in [0.15, 0.2) is 0 Å². The Labute approximate surface area is 115 Å². The maximum absolute atomic E-state index is 9.44. The molecular formula is C16H24N2O. The van der Waals surface area contributed by atoms with Crippen LogP contribution in [0.4, 0.5) is 0 Å². The van der Waals surface area contributed by atoms with Crippen molar-refractivity contribution in [1.82, 2.24) is 9.88 Å². The molecule has 3 nitrogen and oxygen atoms in total. The summed E-state index contributed by atoms with van der Waals surface area (Å²) in [6.07, 6.45) is 2.75. The quantitative estimate of drug-likeness (QED) is 0.838. The zero-order chi connectivity index (χ0) is 13.8. The normalized spacial score (nSPS) is 13.3. The summed E-state index contributed by atoms with van der Waals surface area (Å²) in [5.41, 5.74) is 2.58. The van der Waals surface area contributed by atoms with Crippen LogP contribution in [0, 0.1) is 0 Å². The number of aliphatic hydroxyl groups excluding tert-OH is 1. The van der Waals surface area contributed by atoms with E-state index in [4.69, 9.17) is 0 Å². The summed E-state index contributed by atoms with van der Waals surface area (Å²) in [7, 11) is 0. The number of nitrogens with zero attached hydrogens (tertiary/aromatic N) is 1. The fraction of sp³-hybridized carbons (Fsp3) is 0.500. The van der Waals surface area contributed by atoms with Crippen LogP contribution in [-0.2, 0) is 13.1 Å². The van der Waals surface area contributed by atoms with E-state index >= 15 is 0 Å². The van der Waals surface area contributed by atoms with Gasteiger partial charge in [-0.3, -0.25) is 0 Å². The Bertz CT molecular complexity index is 483. The standard InChI is InChI=1S/C16H24N2O/c1-12(2)17-10-14-11-18(9-8-13(3)19)16-7-5-4-6-15(14)16/h4-7,11-13,17,19H,8-10H2,1-3H3. The molecule has 0 bridgehead atoms. The lowest BCUT2D eigenvalue weighted by atomic mass is 10.1. The molecule has 2 rings (SSSR count). The average Bonchev–Trinajstić information content (AvgIpc) is 2.72. The largest absolute Gasteiger partial charge is 0.393 e. The summed E-state index contributed by atoms with van der Waals surface area (Å²) >= 11 is 0. The summed E-state index contributed by atoms with van der Waals surface area (Å²) in [6.45, 7) is 7.91. The van der Waals surface area contributed by atoms with Crippen LogP contribution in [0.15, 0.2) is 30.5 Å². The van der Waals surface area contributed by atoms with Crippen molar-refractivity contribution in [2.75, 3.05) is 0 Å². The third kappa shape index (κ3) is 3.58. The minimum atomic E-state index is -0.251. The number of nitrogens with one attached hydrogen (secondary N) is 1. The molecule has 0 radical (unpaired) electrons. The van der Waals surface area contributed by atoms with Crippen LogP contribution >= 0.6 is 0 Å². The monoisotopic (exact) mass is 260 g/mol. The summed E-state index contributed by atoms with van der Waals surface area (Å²) in [4.78, 5) is 0. The Hall–Kier alpha value is -1.32. The van der Waals surface area contributed by atoms with Crippen molar-refractivity contribution < 1.29 is 5.11 Å². The summed E-state index contributed by atoms with van der Waals surface area (Å²) in [6, 6.07) is 8.96. The van der Waals surface area contributed by atoms with Gasteiger partial charge in [-0.2, -0.15) is 0 Å². The van der Waals surface area contributed by atoms with E-state index in [1.807, 2.05) is 6.92 Å². The van der Waals surface area contributed by atoms with E-state index in [0.29, 0.717) is 6.04 Å². The van der Waals surface area contributed by atoms with Crippen LogP contribution in [0.3, 0.4) is 0 Å². The third-order valence-corrected chi connectivity index (χ3v) is 3.36. The molecule has 2 aromatic rings. The average molecular weight is 260 g/mol. The molecule has 104 valence electrons. The van der Waals surface area contributed by atoms with Gasteiger partial charge in [-0.25, -0.2) is 0 Å². The molecule has 0 aliphatic heterocycles. The number of aromatic nitrogens is 1. The van der Waals surface area contributed by atoms with E-state index in [-0.39, 0.29) is 6.10 Å². The molecule has 3 heteroatoms. The first-order valence-corrected chi connectivity index (χ1v) is 7.06. The smallest absolute Gasteiger partial charge is 0.0529 e. The maximum atomic E-state index is 9.44. The van der Waals surface area contributed by atoms with Crippen molar-refractivity contribution in [1.29, 1.82) is 0 Å². The number of rotatable bonds is 6. The summed E-state index contributed by atoms with van der Waals surface area (Å²) in [5.74, 6) is 0. The van der Waals surface area contributed by atoms with Gasteiger partial charge in [-0.1, -0.05) is 32.0 Å². The minimum absolute atomic E-state index is 0.251. The summed E-state index contributed by atoms with van der Waals surface area (Å²) in [5, 5.41) is 14.2. The van der Waals surface area contributed by atoms with Crippen LogP contribution in [0.25, 0.3) is 10.9 Å². The van der Waals surface area contributed by atoms with E-state index in [9.17, 15) is 5.11 Å². The highest BCUT2D eigenvalue weighted by Crippen LogP contribution is 2.22. The van der Waals surface area contributed by atoms with Crippen molar-refractivity contribution in [3.8, 4) is 0 Å². The lowest BCUT2D eigenvalue weighted by molar-refractivity contribution is 0.178. The predicted octanol–water partition coefficient (Wildman–Crippen LogP) is 2.91. The number of hydrogen-bond donors (Lipinski definition) is 2. The van der Waals surface area contributed by atoms with Crippen LogP contribution in [-0.4, -0.2) is 21.8 Å². The summed E-state index contributed by atoms with van der Waals surface area (Å²) < 4.78 is 2.25. The molecule has 1 atom stereocenters. The second-order valence-corrected chi connectivity index (χ2v) is 5.54. The van der Waals surface area contributed by atoms with Gasteiger partial charge in [0.2, 0.25) is 0 Å². The highest BCUT2D eigenvalue weighted by molar-refractivity contribution is 5.83. The number of hydrogen-bond acceptors (Lipinski definition) is 2. The molecular weight excluding hydrogens is 236 g/mol. The lowest BCUT2D eigenvalue weighted by Gasteiger charge is -2.07. The molecule has 19 heavy (non-hydrogen) atoms. The van der Waals surface area contributed by atoms with Gasteiger partial charge >= 0.3 is 0 Å². The van der Waals surface area contributed by atoms with Crippen molar-refractivity contribution >= 4 is 10.9 Å². The van der Waals surface area contributed by atoms with Crippen LogP contribution in [0.2, 0.25) is 0 Å². The molecule has 0 fully saturated rings. The van der Waals surface area contributed by atoms with Crippen molar-refractivity contribution in [3.05, 3.63) is 36.0 Å². The second kappa shape index (κ2) is 6.22. The minimum Gasteiger partial charge on any atom is -0.393 e. The van der Waals surface area contributed by atoms with E-state index in [1.54, 1.807) is 0 Å². The highest BCUT2D eigenvalue weighted by atomic mass is 16.3. The van der Waals surface area contributed by atoms with Gasteiger partial charge < -0.3 is 15.0 Å². The topological polar surface area (TPSA) is 37.2 Å². The molecule has 1 aromatic carbocycles. The second-order valence-electron chi connectivity index (χ2n) is 5.54. The van der Waals surface area contributed by atoms with Crippen molar-refractivity contribution in [2.45, 2.75) is 52.4 Å². The molecule has 0 saturated carbocycles. The number of aryl methyl sites for hydroxylation is 1. The molecule has 1 aromatic heterocycles. The first-order valence-electron chi connectivity index (χ1n) is 7.06. The fourth-order valence-corrected chi connectivity index (χ4v) is 2.29. The van der Waals surface area contributed by atoms with Crippen LogP contribution < -0.4 is 5.32 Å². The Morgan fingerprint density at radius 1 is 1.21 bits per heavy atom. The molecule has 1 unspecified atom stereocenters. The Balaban J connectivity index is 2.26. The Morgan fingerprint density at radius 3 is 2.63 bits per heavy atom. The predicted molar refractivity (Wildman–Crippen MR) is 80.2 cm³/mol. The first-order chi connectivity index (χ1) is 9.08. The zero-order valence-electron chi connectivity index (χ0n) is 12.1. The SMILES string of the molecule is CC(O)CCn1cc(CNC(C)C)c2ccccc21. The van der Waals surface area contributed by atoms with E-state index in [0.717, 1.165) is 19.5 Å². The zero-order valence-corrected chi connectivity index (χ0v) is 12.1. The van der Waals surface area contributed by atoms with Crippen LogP contribution in [0.5, 0.6) is 0 Å². The Kier molecular flexibility index (Phi) is 4.61.